The van der Waals surface area contributed by atoms with E-state index in [9.17, 15) is 13.6 Å². The van der Waals surface area contributed by atoms with Crippen molar-refractivity contribution in [3.05, 3.63) is 0 Å². The Labute approximate surface area is 192 Å². The fourth-order valence-electron chi connectivity index (χ4n) is 4.04. The molecule has 0 N–H and O–H groups in total. The highest BCUT2D eigenvalue weighted by Gasteiger charge is 2.40. The van der Waals surface area contributed by atoms with Gasteiger partial charge in [-0.3, -0.25) is 0 Å². The number of esters is 1. The first kappa shape index (κ1) is 30.3. The molecule has 1 unspecified atom stereocenters. The number of carbonyl (C=O) groups is 1. The summed E-state index contributed by atoms with van der Waals surface area (Å²) in [6, 6.07) is 0. The lowest BCUT2D eigenvalue weighted by molar-refractivity contribution is -0.174. The van der Waals surface area contributed by atoms with Gasteiger partial charge in [-0.25, -0.2) is 4.79 Å². The second-order valence-electron chi connectivity index (χ2n) is 9.92. The lowest BCUT2D eigenvalue weighted by Gasteiger charge is -2.20. The number of unbranched alkanes of at least 4 members (excludes halogenated alkanes) is 11. The molecule has 0 saturated heterocycles. The number of carbonyl (C=O) groups excluding carboxylic acids is 1. The molecule has 0 saturated carbocycles. The predicted octanol–water partition coefficient (Wildman–Crippen LogP) is 9.50. The highest BCUT2D eigenvalue weighted by Crippen LogP contribution is 2.26. The molecule has 0 amide bonds. The summed E-state index contributed by atoms with van der Waals surface area (Å²) in [6.07, 6.45) is 17.9. The van der Waals surface area contributed by atoms with Gasteiger partial charge in [0.05, 0.1) is 6.61 Å². The van der Waals surface area contributed by atoms with Crippen LogP contribution in [0.4, 0.5) is 8.78 Å². The van der Waals surface area contributed by atoms with Crippen LogP contribution in [0.25, 0.3) is 0 Å². The molecule has 4 heteroatoms. The number of hydrogen-bond donors (Lipinski definition) is 0. The smallest absolute Gasteiger partial charge is 0.376 e. The van der Waals surface area contributed by atoms with Crippen LogP contribution in [0, 0.1) is 11.8 Å². The molecule has 0 aliphatic carbocycles. The van der Waals surface area contributed by atoms with Gasteiger partial charge in [-0.05, 0) is 31.1 Å². The van der Waals surface area contributed by atoms with Crippen molar-refractivity contribution in [1.29, 1.82) is 0 Å². The zero-order chi connectivity index (χ0) is 23.4. The zero-order valence-corrected chi connectivity index (χ0v) is 21.2. The van der Waals surface area contributed by atoms with Crippen LogP contribution in [0.2, 0.25) is 0 Å². The minimum atomic E-state index is -3.34. The van der Waals surface area contributed by atoms with E-state index >= 15 is 0 Å². The molecule has 31 heavy (non-hydrogen) atoms. The molecule has 0 aromatic carbocycles. The van der Waals surface area contributed by atoms with Crippen LogP contribution >= 0.6 is 0 Å². The van der Waals surface area contributed by atoms with Gasteiger partial charge in [0.15, 0.2) is 0 Å². The lowest BCUT2D eigenvalue weighted by atomic mass is 9.95. The Hall–Kier alpha value is -0.670. The first-order chi connectivity index (χ1) is 14.8. The maximum absolute atomic E-state index is 14.2. The van der Waals surface area contributed by atoms with Crippen molar-refractivity contribution in [3.63, 3.8) is 0 Å². The van der Waals surface area contributed by atoms with Gasteiger partial charge in [0.25, 0.3) is 0 Å². The van der Waals surface area contributed by atoms with Gasteiger partial charge < -0.3 is 4.74 Å². The van der Waals surface area contributed by atoms with Gasteiger partial charge in [-0.1, -0.05) is 118 Å². The third-order valence-electron chi connectivity index (χ3n) is 6.20. The number of hydrogen-bond acceptors (Lipinski definition) is 2. The van der Waals surface area contributed by atoms with E-state index in [0.29, 0.717) is 12.3 Å². The van der Waals surface area contributed by atoms with Crippen molar-refractivity contribution in [1.82, 2.24) is 0 Å². The Bertz CT molecular complexity index is 410. The molecule has 186 valence electrons. The molecule has 0 aromatic rings. The molecule has 0 rings (SSSR count). The average molecular weight is 447 g/mol. The number of alkyl halides is 2. The number of ether oxygens (including phenoxy) is 1. The summed E-state index contributed by atoms with van der Waals surface area (Å²) < 4.78 is 33.6. The molecule has 0 aromatic heterocycles. The van der Waals surface area contributed by atoms with Crippen molar-refractivity contribution >= 4 is 5.97 Å². The molecule has 0 aliphatic rings. The van der Waals surface area contributed by atoms with E-state index in [2.05, 4.69) is 27.7 Å². The summed E-state index contributed by atoms with van der Waals surface area (Å²) in [7, 11) is 0. The third kappa shape index (κ3) is 18.6. The predicted molar refractivity (Wildman–Crippen MR) is 129 cm³/mol. The fraction of sp³-hybridized carbons (Fsp3) is 0.963. The SMILES string of the molecule is CCCCCCCCC(CCCCCC)COC(=O)C(F)(F)CCCCCCC(C)C. The summed E-state index contributed by atoms with van der Waals surface area (Å²) in [5, 5.41) is 0. The largest absolute Gasteiger partial charge is 0.461 e. The Morgan fingerprint density at radius 3 is 1.71 bits per heavy atom. The van der Waals surface area contributed by atoms with Gasteiger partial charge in [0.1, 0.15) is 0 Å². The second-order valence-corrected chi connectivity index (χ2v) is 9.92. The molecule has 0 fully saturated rings. The van der Waals surface area contributed by atoms with Crippen molar-refractivity contribution in [2.24, 2.45) is 11.8 Å². The maximum Gasteiger partial charge on any atom is 0.376 e. The van der Waals surface area contributed by atoms with Crippen LogP contribution in [-0.2, 0) is 9.53 Å². The monoisotopic (exact) mass is 446 g/mol. The Kier molecular flexibility index (Phi) is 19.5. The number of rotatable bonds is 22. The summed E-state index contributed by atoms with van der Waals surface area (Å²) in [4.78, 5) is 12.0. The van der Waals surface area contributed by atoms with Gasteiger partial charge in [0, 0.05) is 6.42 Å². The van der Waals surface area contributed by atoms with Crippen molar-refractivity contribution in [2.45, 2.75) is 149 Å². The molecule has 2 nitrogen and oxygen atoms in total. The average Bonchev–Trinajstić information content (AvgIpc) is 2.73. The van der Waals surface area contributed by atoms with E-state index in [1.165, 1.54) is 51.4 Å². The van der Waals surface area contributed by atoms with E-state index in [1.807, 2.05) is 0 Å². The van der Waals surface area contributed by atoms with E-state index in [4.69, 9.17) is 4.74 Å². The summed E-state index contributed by atoms with van der Waals surface area (Å²) in [5.74, 6) is -3.78. The van der Waals surface area contributed by atoms with Crippen LogP contribution in [0.15, 0.2) is 0 Å². The van der Waals surface area contributed by atoms with Gasteiger partial charge in [0.2, 0.25) is 0 Å². The van der Waals surface area contributed by atoms with E-state index < -0.39 is 11.9 Å². The van der Waals surface area contributed by atoms with Crippen molar-refractivity contribution in [3.8, 4) is 0 Å². The third-order valence-corrected chi connectivity index (χ3v) is 6.20. The first-order valence-corrected chi connectivity index (χ1v) is 13.4. The minimum absolute atomic E-state index is 0.157. The second kappa shape index (κ2) is 20.0. The molecule has 0 radical (unpaired) electrons. The van der Waals surface area contributed by atoms with E-state index in [1.54, 1.807) is 0 Å². The number of halogens is 2. The van der Waals surface area contributed by atoms with Gasteiger partial charge >= 0.3 is 11.9 Å². The quantitative estimate of drug-likeness (QED) is 0.122. The van der Waals surface area contributed by atoms with Crippen LogP contribution in [-0.4, -0.2) is 18.5 Å². The molecule has 0 heterocycles. The molecular weight excluding hydrogens is 394 g/mol. The zero-order valence-electron chi connectivity index (χ0n) is 21.2. The lowest BCUT2D eigenvalue weighted by Crippen LogP contribution is -2.32. The molecule has 0 aliphatic heterocycles. The van der Waals surface area contributed by atoms with Crippen LogP contribution in [0.1, 0.15) is 143 Å². The Balaban J connectivity index is 4.25. The van der Waals surface area contributed by atoms with E-state index in [-0.39, 0.29) is 18.9 Å². The summed E-state index contributed by atoms with van der Waals surface area (Å²) in [6.45, 7) is 8.90. The maximum atomic E-state index is 14.2. The molecule has 1 atom stereocenters. The van der Waals surface area contributed by atoms with Crippen molar-refractivity contribution in [2.75, 3.05) is 6.61 Å². The summed E-state index contributed by atoms with van der Waals surface area (Å²) in [5.41, 5.74) is 0. The minimum Gasteiger partial charge on any atom is -0.461 e. The van der Waals surface area contributed by atoms with Crippen molar-refractivity contribution < 1.29 is 18.3 Å². The highest BCUT2D eigenvalue weighted by atomic mass is 19.3. The Morgan fingerprint density at radius 1 is 0.710 bits per heavy atom. The van der Waals surface area contributed by atoms with Gasteiger partial charge in [-0.2, -0.15) is 8.78 Å². The summed E-state index contributed by atoms with van der Waals surface area (Å²) >= 11 is 0. The van der Waals surface area contributed by atoms with E-state index in [0.717, 1.165) is 51.4 Å². The van der Waals surface area contributed by atoms with Crippen LogP contribution in [0.5, 0.6) is 0 Å². The van der Waals surface area contributed by atoms with Crippen LogP contribution < -0.4 is 0 Å². The first-order valence-electron chi connectivity index (χ1n) is 13.4. The highest BCUT2D eigenvalue weighted by molar-refractivity contribution is 5.77. The molecule has 0 spiro atoms. The molecular formula is C27H52F2O2. The topological polar surface area (TPSA) is 26.3 Å². The fourth-order valence-corrected chi connectivity index (χ4v) is 4.04. The van der Waals surface area contributed by atoms with Gasteiger partial charge in [-0.15, -0.1) is 0 Å². The Morgan fingerprint density at radius 2 is 1.16 bits per heavy atom. The molecule has 0 bridgehead atoms. The standard InChI is InChI=1S/C27H52F2O2/c1-5-7-9-11-12-17-21-25(20-16-10-8-6-2)23-31-26(30)27(28,29)22-18-14-13-15-19-24(3)4/h24-25H,5-23H2,1-4H3. The normalized spacial score (nSPS) is 13.0. The van der Waals surface area contributed by atoms with Crippen LogP contribution in [0.3, 0.4) is 0 Å².